The second-order valence-electron chi connectivity index (χ2n) is 3.75. The molecule has 0 aromatic heterocycles. The van der Waals surface area contributed by atoms with Crippen LogP contribution in [-0.4, -0.2) is 34.6 Å². The summed E-state index contributed by atoms with van der Waals surface area (Å²) < 4.78 is 37.1. The molecule has 0 fully saturated rings. The normalized spacial score (nSPS) is 11.2. The zero-order valence-electron chi connectivity index (χ0n) is 11.2. The molecule has 0 saturated carbocycles. The van der Waals surface area contributed by atoms with Crippen LogP contribution in [0.4, 0.5) is 0 Å². The second kappa shape index (κ2) is 7.61. The van der Waals surface area contributed by atoms with Crippen molar-refractivity contribution in [3.05, 3.63) is 22.7 Å². The predicted molar refractivity (Wildman–Crippen MR) is 77.1 cm³/mol. The van der Waals surface area contributed by atoms with E-state index in [1.807, 2.05) is 0 Å². The summed E-state index contributed by atoms with van der Waals surface area (Å²) in [4.78, 5) is 11.0. The van der Waals surface area contributed by atoms with Crippen LogP contribution in [0.15, 0.2) is 27.6 Å². The highest BCUT2D eigenvalue weighted by atomic mass is 79.9. The molecule has 0 unspecified atom stereocenters. The van der Waals surface area contributed by atoms with Crippen molar-refractivity contribution in [3.63, 3.8) is 0 Å². The Kier molecular flexibility index (Phi) is 6.44. The van der Waals surface area contributed by atoms with Crippen molar-refractivity contribution in [2.24, 2.45) is 0 Å². The number of nitrogens with one attached hydrogen (secondary N) is 1. The molecule has 0 amide bonds. The van der Waals surface area contributed by atoms with E-state index in [4.69, 9.17) is 4.74 Å². The Morgan fingerprint density at radius 3 is 2.70 bits per heavy atom. The maximum absolute atomic E-state index is 12.2. The second-order valence-corrected chi connectivity index (χ2v) is 6.40. The van der Waals surface area contributed by atoms with Crippen molar-refractivity contribution in [2.45, 2.75) is 18.2 Å². The molecule has 0 bridgehead atoms. The van der Waals surface area contributed by atoms with Crippen LogP contribution >= 0.6 is 15.9 Å². The van der Waals surface area contributed by atoms with Crippen molar-refractivity contribution < 1.29 is 22.7 Å². The van der Waals surface area contributed by atoms with Crippen LogP contribution in [0.2, 0.25) is 0 Å². The van der Waals surface area contributed by atoms with Gasteiger partial charge in [0.2, 0.25) is 10.0 Å². The van der Waals surface area contributed by atoms with Gasteiger partial charge < -0.3 is 9.47 Å². The van der Waals surface area contributed by atoms with Gasteiger partial charge in [0, 0.05) is 11.0 Å². The molecule has 0 saturated heterocycles. The summed E-state index contributed by atoms with van der Waals surface area (Å²) >= 11 is 3.22. The first-order chi connectivity index (χ1) is 9.40. The Labute approximate surface area is 126 Å². The minimum Gasteiger partial charge on any atom is -0.492 e. The summed E-state index contributed by atoms with van der Waals surface area (Å²) in [6, 6.07) is 4.71. The molecule has 0 aliphatic carbocycles. The number of carbonyl (C=O) groups is 1. The number of methoxy groups -OCH3 is 1. The number of sulfonamides is 1. The topological polar surface area (TPSA) is 81.7 Å². The van der Waals surface area contributed by atoms with E-state index in [1.54, 1.807) is 19.1 Å². The molecular formula is C12H16BrNO5S. The van der Waals surface area contributed by atoms with E-state index in [2.05, 4.69) is 25.4 Å². The summed E-state index contributed by atoms with van der Waals surface area (Å²) in [5.74, 6) is -0.215. The summed E-state index contributed by atoms with van der Waals surface area (Å²) in [5.41, 5.74) is 0. The van der Waals surface area contributed by atoms with E-state index < -0.39 is 16.0 Å². The smallest absolute Gasteiger partial charge is 0.306 e. The van der Waals surface area contributed by atoms with Crippen LogP contribution < -0.4 is 9.46 Å². The molecule has 8 heteroatoms. The molecule has 20 heavy (non-hydrogen) atoms. The number of esters is 1. The van der Waals surface area contributed by atoms with E-state index in [9.17, 15) is 13.2 Å². The SMILES string of the molecule is CCOc1ccc(Br)cc1S(=O)(=O)NCCC(=O)OC. The van der Waals surface area contributed by atoms with Gasteiger partial charge in [-0.3, -0.25) is 4.79 Å². The molecule has 0 spiro atoms. The fourth-order valence-electron chi connectivity index (χ4n) is 1.43. The van der Waals surface area contributed by atoms with Gasteiger partial charge in [0.1, 0.15) is 10.6 Å². The number of hydrogen-bond donors (Lipinski definition) is 1. The lowest BCUT2D eigenvalue weighted by molar-refractivity contribution is -0.140. The number of ether oxygens (including phenoxy) is 2. The van der Waals surface area contributed by atoms with E-state index >= 15 is 0 Å². The molecule has 0 heterocycles. The van der Waals surface area contributed by atoms with Gasteiger partial charge in [0.15, 0.2) is 0 Å². The maximum Gasteiger partial charge on any atom is 0.306 e. The first kappa shape index (κ1) is 16.9. The van der Waals surface area contributed by atoms with Gasteiger partial charge >= 0.3 is 5.97 Å². The average molecular weight is 366 g/mol. The van der Waals surface area contributed by atoms with Gasteiger partial charge in [-0.15, -0.1) is 0 Å². The van der Waals surface area contributed by atoms with Crippen LogP contribution in [0.25, 0.3) is 0 Å². The van der Waals surface area contributed by atoms with Gasteiger partial charge in [0.05, 0.1) is 20.1 Å². The van der Waals surface area contributed by atoms with Gasteiger partial charge in [-0.2, -0.15) is 0 Å². The quantitative estimate of drug-likeness (QED) is 0.743. The average Bonchev–Trinajstić information content (AvgIpc) is 2.40. The lowest BCUT2D eigenvalue weighted by Gasteiger charge is -2.12. The third-order valence-corrected chi connectivity index (χ3v) is 4.32. The zero-order chi connectivity index (χ0) is 15.2. The Morgan fingerprint density at radius 2 is 2.10 bits per heavy atom. The van der Waals surface area contributed by atoms with Crippen molar-refractivity contribution in [2.75, 3.05) is 20.3 Å². The third-order valence-electron chi connectivity index (χ3n) is 2.34. The minimum atomic E-state index is -3.75. The molecule has 6 nitrogen and oxygen atoms in total. The Morgan fingerprint density at radius 1 is 1.40 bits per heavy atom. The van der Waals surface area contributed by atoms with Gasteiger partial charge in [-0.05, 0) is 25.1 Å². The fourth-order valence-corrected chi connectivity index (χ4v) is 3.15. The molecule has 0 atom stereocenters. The highest BCUT2D eigenvalue weighted by molar-refractivity contribution is 9.10. The van der Waals surface area contributed by atoms with Gasteiger partial charge in [-0.1, -0.05) is 15.9 Å². The molecule has 1 rings (SSSR count). The fraction of sp³-hybridized carbons (Fsp3) is 0.417. The zero-order valence-corrected chi connectivity index (χ0v) is 13.6. The van der Waals surface area contributed by atoms with Gasteiger partial charge in [-0.25, -0.2) is 13.1 Å². The number of carbonyl (C=O) groups excluding carboxylic acids is 1. The summed E-state index contributed by atoms with van der Waals surface area (Å²) in [7, 11) is -2.50. The lowest BCUT2D eigenvalue weighted by atomic mass is 10.3. The summed E-state index contributed by atoms with van der Waals surface area (Å²) in [6.45, 7) is 2.09. The number of rotatable bonds is 7. The first-order valence-electron chi connectivity index (χ1n) is 5.89. The molecule has 1 aromatic carbocycles. The van der Waals surface area contributed by atoms with Crippen molar-refractivity contribution >= 4 is 31.9 Å². The van der Waals surface area contributed by atoms with E-state index in [1.165, 1.54) is 13.2 Å². The lowest BCUT2D eigenvalue weighted by Crippen LogP contribution is -2.27. The molecule has 0 aliphatic heterocycles. The number of halogens is 1. The van der Waals surface area contributed by atoms with Crippen LogP contribution in [-0.2, 0) is 19.6 Å². The van der Waals surface area contributed by atoms with Crippen LogP contribution in [0.5, 0.6) is 5.75 Å². The monoisotopic (exact) mass is 365 g/mol. The molecule has 1 aromatic rings. The Bertz CT molecular complexity index is 573. The minimum absolute atomic E-state index is 0.0265. The van der Waals surface area contributed by atoms with Crippen LogP contribution in [0.3, 0.4) is 0 Å². The van der Waals surface area contributed by atoms with Gasteiger partial charge in [0.25, 0.3) is 0 Å². The van der Waals surface area contributed by atoms with Crippen molar-refractivity contribution in [1.29, 1.82) is 0 Å². The van der Waals surface area contributed by atoms with Crippen LogP contribution in [0, 0.1) is 0 Å². The molecule has 112 valence electrons. The predicted octanol–water partition coefficient (Wildman–Crippen LogP) is 1.69. The van der Waals surface area contributed by atoms with Crippen LogP contribution in [0.1, 0.15) is 13.3 Å². The third kappa shape index (κ3) is 4.77. The van der Waals surface area contributed by atoms with Crippen molar-refractivity contribution in [1.82, 2.24) is 4.72 Å². The number of benzene rings is 1. The summed E-state index contributed by atoms with van der Waals surface area (Å²) in [5, 5.41) is 0. The maximum atomic E-state index is 12.2. The first-order valence-corrected chi connectivity index (χ1v) is 8.17. The molecule has 0 aliphatic rings. The molecule has 1 N–H and O–H groups in total. The number of hydrogen-bond acceptors (Lipinski definition) is 5. The standard InChI is InChI=1S/C12H16BrNO5S/c1-3-19-10-5-4-9(13)8-11(10)20(16,17)14-7-6-12(15)18-2/h4-5,8,14H,3,6-7H2,1-2H3. The molecular weight excluding hydrogens is 350 g/mol. The highest BCUT2D eigenvalue weighted by Gasteiger charge is 2.20. The van der Waals surface area contributed by atoms with E-state index in [-0.39, 0.29) is 23.6 Å². The highest BCUT2D eigenvalue weighted by Crippen LogP contribution is 2.27. The Hall–Kier alpha value is -1.12. The molecule has 0 radical (unpaired) electrons. The van der Waals surface area contributed by atoms with E-state index in [0.29, 0.717) is 11.1 Å². The van der Waals surface area contributed by atoms with E-state index in [0.717, 1.165) is 0 Å². The van der Waals surface area contributed by atoms with Crippen molar-refractivity contribution in [3.8, 4) is 5.75 Å². The summed E-state index contributed by atoms with van der Waals surface area (Å²) in [6.07, 6.45) is -0.0340. The Balaban J connectivity index is 2.91. The largest absolute Gasteiger partial charge is 0.492 e.